The summed E-state index contributed by atoms with van der Waals surface area (Å²) in [6, 6.07) is 0. The van der Waals surface area contributed by atoms with E-state index in [0.717, 1.165) is 31.3 Å². The standard InChI is InChI=1S/C15H27NO/c1-12(2)7-5-8-13(3)9-6-10-14(4)11-15(16)17/h7,9,11,15,17H,5-6,8,10,16H2,1-4H3/b13-9+,14-11-. The normalized spacial score (nSPS) is 14.7. The van der Waals surface area contributed by atoms with Crippen molar-refractivity contribution in [1.29, 1.82) is 0 Å². The van der Waals surface area contributed by atoms with Crippen LogP contribution in [0.2, 0.25) is 0 Å². The molecule has 0 aliphatic rings. The quantitative estimate of drug-likeness (QED) is 0.524. The van der Waals surface area contributed by atoms with Gasteiger partial charge in [-0.15, -0.1) is 0 Å². The lowest BCUT2D eigenvalue weighted by Gasteiger charge is -2.02. The molecule has 0 saturated heterocycles. The van der Waals surface area contributed by atoms with Crippen LogP contribution in [0.15, 0.2) is 34.9 Å². The molecule has 1 unspecified atom stereocenters. The van der Waals surface area contributed by atoms with Gasteiger partial charge in [0.2, 0.25) is 0 Å². The van der Waals surface area contributed by atoms with Crippen LogP contribution in [0.3, 0.4) is 0 Å². The van der Waals surface area contributed by atoms with Crippen molar-refractivity contribution in [2.45, 2.75) is 59.6 Å². The molecule has 0 saturated carbocycles. The molecule has 0 amide bonds. The molecule has 3 N–H and O–H groups in total. The van der Waals surface area contributed by atoms with Gasteiger partial charge < -0.3 is 10.8 Å². The van der Waals surface area contributed by atoms with Crippen LogP contribution in [-0.2, 0) is 0 Å². The molecule has 2 nitrogen and oxygen atoms in total. The average Bonchev–Trinajstić information content (AvgIpc) is 2.15. The van der Waals surface area contributed by atoms with Crippen molar-refractivity contribution in [3.05, 3.63) is 34.9 Å². The van der Waals surface area contributed by atoms with E-state index in [-0.39, 0.29) is 0 Å². The first-order chi connectivity index (χ1) is 7.91. The summed E-state index contributed by atoms with van der Waals surface area (Å²) in [5.41, 5.74) is 9.24. The number of aliphatic hydroxyl groups is 1. The van der Waals surface area contributed by atoms with Crippen molar-refractivity contribution in [3.63, 3.8) is 0 Å². The molecule has 0 rings (SSSR count). The van der Waals surface area contributed by atoms with Gasteiger partial charge in [-0.05, 0) is 59.5 Å². The second kappa shape index (κ2) is 9.20. The number of nitrogens with two attached hydrogens (primary N) is 1. The fraction of sp³-hybridized carbons (Fsp3) is 0.600. The van der Waals surface area contributed by atoms with Crippen LogP contribution in [-0.4, -0.2) is 11.3 Å². The third kappa shape index (κ3) is 11.4. The first-order valence-corrected chi connectivity index (χ1v) is 6.31. The Labute approximate surface area is 106 Å². The number of hydrogen-bond donors (Lipinski definition) is 2. The number of rotatable bonds is 7. The maximum Gasteiger partial charge on any atom is 0.121 e. The largest absolute Gasteiger partial charge is 0.375 e. The zero-order valence-electron chi connectivity index (χ0n) is 11.7. The van der Waals surface area contributed by atoms with E-state index in [1.54, 1.807) is 6.08 Å². The molecular weight excluding hydrogens is 210 g/mol. The maximum absolute atomic E-state index is 8.98. The van der Waals surface area contributed by atoms with Gasteiger partial charge >= 0.3 is 0 Å². The summed E-state index contributed by atoms with van der Waals surface area (Å²) in [7, 11) is 0. The van der Waals surface area contributed by atoms with Crippen LogP contribution in [0.25, 0.3) is 0 Å². The van der Waals surface area contributed by atoms with Gasteiger partial charge in [0, 0.05) is 0 Å². The Kier molecular flexibility index (Phi) is 8.73. The van der Waals surface area contributed by atoms with E-state index in [9.17, 15) is 0 Å². The van der Waals surface area contributed by atoms with Crippen LogP contribution in [0.1, 0.15) is 53.4 Å². The monoisotopic (exact) mass is 237 g/mol. The second-order valence-electron chi connectivity index (χ2n) is 4.91. The Morgan fingerprint density at radius 3 is 2.06 bits per heavy atom. The molecule has 0 heterocycles. The van der Waals surface area contributed by atoms with E-state index >= 15 is 0 Å². The van der Waals surface area contributed by atoms with Crippen molar-refractivity contribution in [3.8, 4) is 0 Å². The Hall–Kier alpha value is -0.860. The van der Waals surface area contributed by atoms with Crippen molar-refractivity contribution in [2.75, 3.05) is 0 Å². The number of allylic oxidation sites excluding steroid dienone is 5. The third-order valence-corrected chi connectivity index (χ3v) is 2.58. The van der Waals surface area contributed by atoms with E-state index in [1.165, 1.54) is 11.1 Å². The van der Waals surface area contributed by atoms with Gasteiger partial charge in [0.1, 0.15) is 6.23 Å². The summed E-state index contributed by atoms with van der Waals surface area (Å²) in [6.45, 7) is 8.44. The van der Waals surface area contributed by atoms with Crippen molar-refractivity contribution in [1.82, 2.24) is 0 Å². The fourth-order valence-electron chi connectivity index (χ4n) is 1.61. The van der Waals surface area contributed by atoms with Gasteiger partial charge in [0.25, 0.3) is 0 Å². The average molecular weight is 237 g/mol. The molecule has 0 aliphatic carbocycles. The van der Waals surface area contributed by atoms with Crippen molar-refractivity contribution < 1.29 is 5.11 Å². The van der Waals surface area contributed by atoms with E-state index in [0.29, 0.717) is 0 Å². The SMILES string of the molecule is CC(C)=CCC/C(C)=C/CC/C(C)=C\C(N)O. The molecule has 98 valence electrons. The predicted molar refractivity (Wildman–Crippen MR) is 75.6 cm³/mol. The molecule has 0 spiro atoms. The highest BCUT2D eigenvalue weighted by Crippen LogP contribution is 2.11. The Bertz CT molecular complexity index is 294. The molecule has 0 radical (unpaired) electrons. The van der Waals surface area contributed by atoms with Gasteiger partial charge in [-0.25, -0.2) is 0 Å². The Morgan fingerprint density at radius 2 is 1.53 bits per heavy atom. The first-order valence-electron chi connectivity index (χ1n) is 6.31. The van der Waals surface area contributed by atoms with Gasteiger partial charge in [0.15, 0.2) is 0 Å². The lowest BCUT2D eigenvalue weighted by molar-refractivity contribution is 0.230. The van der Waals surface area contributed by atoms with E-state index in [1.807, 2.05) is 6.92 Å². The van der Waals surface area contributed by atoms with Gasteiger partial charge in [-0.2, -0.15) is 0 Å². The predicted octanol–water partition coefficient (Wildman–Crippen LogP) is 3.68. The zero-order chi connectivity index (χ0) is 13.3. The minimum atomic E-state index is -0.822. The topological polar surface area (TPSA) is 46.2 Å². The number of hydrogen-bond acceptors (Lipinski definition) is 2. The minimum Gasteiger partial charge on any atom is -0.375 e. The highest BCUT2D eigenvalue weighted by Gasteiger charge is 1.94. The molecule has 0 aromatic rings. The second-order valence-corrected chi connectivity index (χ2v) is 4.91. The van der Waals surface area contributed by atoms with E-state index in [4.69, 9.17) is 10.8 Å². The van der Waals surface area contributed by atoms with E-state index < -0.39 is 6.23 Å². The summed E-state index contributed by atoms with van der Waals surface area (Å²) >= 11 is 0. The summed E-state index contributed by atoms with van der Waals surface area (Å²) in [5.74, 6) is 0. The third-order valence-electron chi connectivity index (χ3n) is 2.58. The summed E-state index contributed by atoms with van der Waals surface area (Å²) in [5, 5.41) is 8.98. The summed E-state index contributed by atoms with van der Waals surface area (Å²) < 4.78 is 0. The highest BCUT2D eigenvalue weighted by atomic mass is 16.3. The van der Waals surface area contributed by atoms with Crippen LogP contribution in [0.5, 0.6) is 0 Å². The lowest BCUT2D eigenvalue weighted by atomic mass is 10.1. The molecule has 0 aromatic carbocycles. The fourth-order valence-corrected chi connectivity index (χ4v) is 1.61. The zero-order valence-corrected chi connectivity index (χ0v) is 11.7. The smallest absolute Gasteiger partial charge is 0.121 e. The Balaban J connectivity index is 3.88. The molecular formula is C15H27NO. The molecule has 1 atom stereocenters. The van der Waals surface area contributed by atoms with Gasteiger partial charge in [-0.1, -0.05) is 28.9 Å². The van der Waals surface area contributed by atoms with E-state index in [2.05, 4.69) is 32.9 Å². The van der Waals surface area contributed by atoms with Crippen LogP contribution in [0.4, 0.5) is 0 Å². The molecule has 2 heteroatoms. The molecule has 17 heavy (non-hydrogen) atoms. The Morgan fingerprint density at radius 1 is 1.00 bits per heavy atom. The summed E-state index contributed by atoms with van der Waals surface area (Å²) in [4.78, 5) is 0. The highest BCUT2D eigenvalue weighted by molar-refractivity contribution is 5.06. The van der Waals surface area contributed by atoms with Gasteiger partial charge in [-0.3, -0.25) is 0 Å². The maximum atomic E-state index is 8.98. The van der Waals surface area contributed by atoms with Crippen molar-refractivity contribution in [2.24, 2.45) is 5.73 Å². The van der Waals surface area contributed by atoms with Crippen LogP contribution >= 0.6 is 0 Å². The number of aliphatic hydroxyl groups excluding tert-OH is 1. The lowest BCUT2D eigenvalue weighted by Crippen LogP contribution is -2.15. The van der Waals surface area contributed by atoms with Crippen molar-refractivity contribution >= 4 is 0 Å². The van der Waals surface area contributed by atoms with Crippen LogP contribution < -0.4 is 5.73 Å². The van der Waals surface area contributed by atoms with Gasteiger partial charge in [0.05, 0.1) is 0 Å². The first kappa shape index (κ1) is 16.1. The molecule has 0 bridgehead atoms. The van der Waals surface area contributed by atoms with Crippen LogP contribution in [0, 0.1) is 0 Å². The summed E-state index contributed by atoms with van der Waals surface area (Å²) in [6.07, 6.45) is 9.68. The minimum absolute atomic E-state index is 0.822. The molecule has 0 aliphatic heterocycles. The molecule has 0 fully saturated rings. The molecule has 0 aromatic heterocycles.